The Kier molecular flexibility index (Phi) is 3.29. The fraction of sp³-hybridized carbons (Fsp3) is 0.667. The number of hydrogen-bond acceptors (Lipinski definition) is 4. The van der Waals surface area contributed by atoms with Crippen molar-refractivity contribution in [2.24, 2.45) is 0 Å². The highest BCUT2D eigenvalue weighted by atomic mass is 16.6. The van der Waals surface area contributed by atoms with Gasteiger partial charge < -0.3 is 19.4 Å². The molecule has 1 fully saturated rings. The van der Waals surface area contributed by atoms with Gasteiger partial charge in [0.1, 0.15) is 5.82 Å². The van der Waals surface area contributed by atoms with Gasteiger partial charge in [0.05, 0.1) is 19.8 Å². The zero-order chi connectivity index (χ0) is 12.4. The fourth-order valence-electron chi connectivity index (χ4n) is 2.42. The molecule has 0 unspecified atom stereocenters. The highest BCUT2D eigenvalue weighted by molar-refractivity contribution is 5.81. The molecule has 1 saturated heterocycles. The van der Waals surface area contributed by atoms with Gasteiger partial charge in [-0.25, -0.2) is 4.98 Å². The summed E-state index contributed by atoms with van der Waals surface area (Å²) in [5.74, 6) is 1.03. The molecule has 2 atom stereocenters. The van der Waals surface area contributed by atoms with Gasteiger partial charge in [0, 0.05) is 31.4 Å². The molecule has 6 heteroatoms. The van der Waals surface area contributed by atoms with E-state index in [0.29, 0.717) is 19.8 Å². The maximum absolute atomic E-state index is 12.0. The predicted octanol–water partition coefficient (Wildman–Crippen LogP) is -0.271. The molecule has 3 rings (SSSR count). The van der Waals surface area contributed by atoms with Crippen LogP contribution >= 0.6 is 0 Å². The van der Waals surface area contributed by atoms with Gasteiger partial charge in [-0.15, -0.1) is 0 Å². The first-order chi connectivity index (χ1) is 8.83. The summed E-state index contributed by atoms with van der Waals surface area (Å²) < 4.78 is 12.7. The fourth-order valence-corrected chi connectivity index (χ4v) is 2.42. The van der Waals surface area contributed by atoms with Crippen LogP contribution in [0.3, 0.4) is 0 Å². The molecular formula is C12H17N3O3. The van der Waals surface area contributed by atoms with Crippen molar-refractivity contribution in [1.29, 1.82) is 0 Å². The van der Waals surface area contributed by atoms with E-state index in [4.69, 9.17) is 9.47 Å². The highest BCUT2D eigenvalue weighted by Crippen LogP contribution is 2.13. The van der Waals surface area contributed by atoms with E-state index in [2.05, 4.69) is 14.9 Å². The Bertz CT molecular complexity index is 426. The summed E-state index contributed by atoms with van der Waals surface area (Å²) in [6.07, 6.45) is 5.13. The monoisotopic (exact) mass is 251 g/mol. The lowest BCUT2D eigenvalue weighted by atomic mass is 10.1. The highest BCUT2D eigenvalue weighted by Gasteiger charge is 2.26. The average molecular weight is 251 g/mol. The summed E-state index contributed by atoms with van der Waals surface area (Å²) >= 11 is 0. The molecule has 98 valence electrons. The van der Waals surface area contributed by atoms with Crippen LogP contribution in [-0.2, 0) is 27.2 Å². The molecule has 0 aliphatic carbocycles. The molecular weight excluding hydrogens is 234 g/mol. The van der Waals surface area contributed by atoms with Gasteiger partial charge in [-0.1, -0.05) is 0 Å². The van der Waals surface area contributed by atoms with Crippen LogP contribution in [-0.4, -0.2) is 47.4 Å². The predicted molar refractivity (Wildman–Crippen MR) is 63.0 cm³/mol. The number of nitrogens with zero attached hydrogens (tertiary/aromatic N) is 2. The molecule has 1 N–H and O–H groups in total. The van der Waals surface area contributed by atoms with E-state index in [0.717, 1.165) is 25.2 Å². The van der Waals surface area contributed by atoms with Crippen molar-refractivity contribution in [3.05, 3.63) is 18.2 Å². The molecule has 1 amide bonds. The molecule has 3 heterocycles. The lowest BCUT2D eigenvalue weighted by molar-refractivity contribution is -0.148. The number of imidazole rings is 1. The van der Waals surface area contributed by atoms with E-state index in [1.54, 1.807) is 6.20 Å². The van der Waals surface area contributed by atoms with Crippen molar-refractivity contribution in [3.8, 4) is 0 Å². The van der Waals surface area contributed by atoms with E-state index in [1.807, 2.05) is 6.20 Å². The minimum atomic E-state index is -0.456. The van der Waals surface area contributed by atoms with Crippen molar-refractivity contribution < 1.29 is 14.3 Å². The van der Waals surface area contributed by atoms with Crippen LogP contribution in [0.4, 0.5) is 0 Å². The molecule has 0 spiro atoms. The summed E-state index contributed by atoms with van der Waals surface area (Å²) in [5, 5.41) is 3.03. The second kappa shape index (κ2) is 5.07. The van der Waals surface area contributed by atoms with Gasteiger partial charge in [-0.2, -0.15) is 0 Å². The second-order valence-corrected chi connectivity index (χ2v) is 4.67. The zero-order valence-electron chi connectivity index (χ0n) is 10.2. The zero-order valence-corrected chi connectivity index (χ0v) is 10.2. The molecule has 0 aromatic carbocycles. The molecule has 0 saturated carbocycles. The minimum absolute atomic E-state index is 0.0664. The molecule has 0 radical (unpaired) electrons. The van der Waals surface area contributed by atoms with E-state index < -0.39 is 6.10 Å². The normalized spacial score (nSPS) is 27.6. The van der Waals surface area contributed by atoms with E-state index in [-0.39, 0.29) is 11.9 Å². The van der Waals surface area contributed by atoms with Crippen LogP contribution in [0.15, 0.2) is 12.4 Å². The molecule has 6 nitrogen and oxygen atoms in total. The second-order valence-electron chi connectivity index (χ2n) is 4.67. The van der Waals surface area contributed by atoms with Gasteiger partial charge in [0.2, 0.25) is 0 Å². The van der Waals surface area contributed by atoms with Crippen molar-refractivity contribution in [3.63, 3.8) is 0 Å². The van der Waals surface area contributed by atoms with E-state index in [1.165, 1.54) is 0 Å². The van der Waals surface area contributed by atoms with Crippen molar-refractivity contribution >= 4 is 5.91 Å². The van der Waals surface area contributed by atoms with E-state index >= 15 is 0 Å². The Morgan fingerprint density at radius 2 is 2.44 bits per heavy atom. The Morgan fingerprint density at radius 1 is 1.50 bits per heavy atom. The van der Waals surface area contributed by atoms with Gasteiger partial charge in [0.25, 0.3) is 5.91 Å². The average Bonchev–Trinajstić information content (AvgIpc) is 2.87. The molecule has 2 aliphatic rings. The first-order valence-corrected chi connectivity index (χ1v) is 6.32. The van der Waals surface area contributed by atoms with Crippen LogP contribution in [0.5, 0.6) is 0 Å². The summed E-state index contributed by atoms with van der Waals surface area (Å²) in [5.41, 5.74) is 0. The molecule has 1 aromatic heterocycles. The van der Waals surface area contributed by atoms with Crippen LogP contribution in [0.1, 0.15) is 12.2 Å². The number of ether oxygens (including phenoxy) is 2. The van der Waals surface area contributed by atoms with Crippen LogP contribution in [0.2, 0.25) is 0 Å². The smallest absolute Gasteiger partial charge is 0.251 e. The maximum atomic E-state index is 12.0. The Morgan fingerprint density at radius 3 is 3.28 bits per heavy atom. The number of amides is 1. The van der Waals surface area contributed by atoms with Crippen LogP contribution in [0.25, 0.3) is 0 Å². The SMILES string of the molecule is O=C(N[C@@H]1CCc2nccn2C1)[C@H]1COCCO1. The number of rotatable bonds is 2. The lowest BCUT2D eigenvalue weighted by Crippen LogP contribution is -2.49. The molecule has 2 aliphatic heterocycles. The maximum Gasteiger partial charge on any atom is 0.251 e. The Balaban J connectivity index is 1.56. The topological polar surface area (TPSA) is 65.4 Å². The van der Waals surface area contributed by atoms with Gasteiger partial charge >= 0.3 is 0 Å². The van der Waals surface area contributed by atoms with Gasteiger partial charge in [0.15, 0.2) is 6.10 Å². The van der Waals surface area contributed by atoms with Crippen molar-refractivity contribution in [2.75, 3.05) is 19.8 Å². The lowest BCUT2D eigenvalue weighted by Gasteiger charge is -2.28. The number of carbonyl (C=O) groups is 1. The summed E-state index contributed by atoms with van der Waals surface area (Å²) in [6, 6.07) is 0.157. The quantitative estimate of drug-likeness (QED) is 0.786. The van der Waals surface area contributed by atoms with Crippen molar-refractivity contribution in [1.82, 2.24) is 14.9 Å². The number of hydrogen-bond donors (Lipinski definition) is 1. The molecule has 18 heavy (non-hydrogen) atoms. The van der Waals surface area contributed by atoms with E-state index in [9.17, 15) is 4.79 Å². The van der Waals surface area contributed by atoms with Gasteiger partial charge in [-0.3, -0.25) is 4.79 Å². The molecule has 1 aromatic rings. The third-order valence-corrected chi connectivity index (χ3v) is 3.39. The number of carbonyl (C=O) groups excluding carboxylic acids is 1. The van der Waals surface area contributed by atoms with Crippen LogP contribution in [0, 0.1) is 0 Å². The third kappa shape index (κ3) is 2.39. The van der Waals surface area contributed by atoms with Crippen LogP contribution < -0.4 is 5.32 Å². The first-order valence-electron chi connectivity index (χ1n) is 6.32. The van der Waals surface area contributed by atoms with Crippen molar-refractivity contribution in [2.45, 2.75) is 31.5 Å². The largest absolute Gasteiger partial charge is 0.376 e. The van der Waals surface area contributed by atoms with Gasteiger partial charge in [-0.05, 0) is 6.42 Å². The number of aryl methyl sites for hydroxylation is 1. The summed E-state index contributed by atoms with van der Waals surface area (Å²) in [4.78, 5) is 16.2. The summed E-state index contributed by atoms with van der Waals surface area (Å²) in [6.45, 7) is 2.21. The Labute approximate surface area is 105 Å². The summed E-state index contributed by atoms with van der Waals surface area (Å²) in [7, 11) is 0. The minimum Gasteiger partial charge on any atom is -0.376 e. The Hall–Kier alpha value is -1.40. The molecule has 0 bridgehead atoms. The number of fused-ring (bicyclic) bond motifs is 1. The first kappa shape index (κ1) is 11.7. The standard InChI is InChI=1S/C12H17N3O3/c16-12(10-8-17-5-6-18-10)14-9-1-2-11-13-3-4-15(11)7-9/h3-4,9-10H,1-2,5-8H2,(H,14,16)/t9-,10-/m1/s1. The third-order valence-electron chi connectivity index (χ3n) is 3.39. The number of aromatic nitrogens is 2. The number of nitrogens with one attached hydrogen (secondary N) is 1.